The fraction of sp³-hybridized carbons (Fsp3) is 0.368. The average Bonchev–Trinajstić information content (AvgIpc) is 2.68. The highest BCUT2D eigenvalue weighted by atomic mass is 16.5. The summed E-state index contributed by atoms with van der Waals surface area (Å²) in [6, 6.07) is 15.7. The molecule has 6 nitrogen and oxygen atoms in total. The summed E-state index contributed by atoms with van der Waals surface area (Å²) in [5, 5.41) is 0. The van der Waals surface area contributed by atoms with Crippen LogP contribution in [-0.2, 0) is 4.74 Å². The van der Waals surface area contributed by atoms with Crippen LogP contribution < -0.4 is 20.3 Å². The van der Waals surface area contributed by atoms with Gasteiger partial charge in [-0.05, 0) is 24.3 Å². The SMILES string of the molecule is COc1cc(OCCN2CCOCC2)ccc1NNc1ccccc1. The molecule has 0 bridgehead atoms. The lowest BCUT2D eigenvalue weighted by molar-refractivity contribution is 0.0322. The van der Waals surface area contributed by atoms with Gasteiger partial charge in [0.05, 0.1) is 31.7 Å². The molecular weight excluding hydrogens is 318 g/mol. The Labute approximate surface area is 148 Å². The minimum absolute atomic E-state index is 0.651. The van der Waals surface area contributed by atoms with Crippen molar-refractivity contribution in [3.63, 3.8) is 0 Å². The highest BCUT2D eigenvalue weighted by Crippen LogP contribution is 2.29. The predicted octanol–water partition coefficient (Wildman–Crippen LogP) is 2.85. The highest BCUT2D eigenvalue weighted by molar-refractivity contribution is 5.62. The van der Waals surface area contributed by atoms with Gasteiger partial charge in [0, 0.05) is 25.7 Å². The molecule has 0 aromatic heterocycles. The molecule has 2 N–H and O–H groups in total. The number of para-hydroxylation sites is 1. The lowest BCUT2D eigenvalue weighted by Gasteiger charge is -2.26. The van der Waals surface area contributed by atoms with E-state index in [0.29, 0.717) is 6.61 Å². The summed E-state index contributed by atoms with van der Waals surface area (Å²) < 4.78 is 16.7. The number of methoxy groups -OCH3 is 1. The topological polar surface area (TPSA) is 55.0 Å². The van der Waals surface area contributed by atoms with Crippen LogP contribution in [0.3, 0.4) is 0 Å². The molecule has 1 saturated heterocycles. The number of morpholine rings is 1. The molecule has 0 amide bonds. The van der Waals surface area contributed by atoms with E-state index in [4.69, 9.17) is 14.2 Å². The number of hydrogen-bond acceptors (Lipinski definition) is 6. The quantitative estimate of drug-likeness (QED) is 0.719. The molecule has 6 heteroatoms. The van der Waals surface area contributed by atoms with Crippen molar-refractivity contribution < 1.29 is 14.2 Å². The molecule has 134 valence electrons. The Bertz CT molecular complexity index is 646. The van der Waals surface area contributed by atoms with E-state index < -0.39 is 0 Å². The molecule has 1 aliphatic heterocycles. The third kappa shape index (κ3) is 5.27. The molecule has 0 aliphatic carbocycles. The molecule has 0 unspecified atom stereocenters. The predicted molar refractivity (Wildman–Crippen MR) is 99.4 cm³/mol. The van der Waals surface area contributed by atoms with Crippen LogP contribution in [0.4, 0.5) is 11.4 Å². The summed E-state index contributed by atoms with van der Waals surface area (Å²) in [5.74, 6) is 1.53. The van der Waals surface area contributed by atoms with E-state index in [2.05, 4.69) is 15.8 Å². The van der Waals surface area contributed by atoms with Gasteiger partial charge in [-0.2, -0.15) is 0 Å². The van der Waals surface area contributed by atoms with Crippen LogP contribution in [0.1, 0.15) is 0 Å². The third-order valence-corrected chi connectivity index (χ3v) is 4.07. The molecule has 0 atom stereocenters. The van der Waals surface area contributed by atoms with E-state index in [-0.39, 0.29) is 0 Å². The molecule has 3 rings (SSSR count). The smallest absolute Gasteiger partial charge is 0.147 e. The van der Waals surface area contributed by atoms with Gasteiger partial charge >= 0.3 is 0 Å². The van der Waals surface area contributed by atoms with Crippen LogP contribution in [0.2, 0.25) is 0 Å². The van der Waals surface area contributed by atoms with E-state index >= 15 is 0 Å². The standard InChI is InChI=1S/C19H25N3O3/c1-23-19-15-17(25-14-11-22-9-12-24-13-10-22)7-8-18(19)21-20-16-5-3-2-4-6-16/h2-8,15,20-21H,9-14H2,1H3. The second-order valence-corrected chi connectivity index (χ2v) is 5.78. The zero-order chi connectivity index (χ0) is 17.3. The monoisotopic (exact) mass is 343 g/mol. The van der Waals surface area contributed by atoms with Gasteiger partial charge in [0.15, 0.2) is 0 Å². The maximum absolute atomic E-state index is 5.86. The van der Waals surface area contributed by atoms with Gasteiger partial charge in [-0.15, -0.1) is 0 Å². The van der Waals surface area contributed by atoms with Gasteiger partial charge in [0.2, 0.25) is 0 Å². The summed E-state index contributed by atoms with van der Waals surface area (Å²) in [6.07, 6.45) is 0. The first-order chi connectivity index (χ1) is 12.3. The van der Waals surface area contributed by atoms with Gasteiger partial charge in [-0.25, -0.2) is 0 Å². The summed E-state index contributed by atoms with van der Waals surface area (Å²) in [7, 11) is 1.65. The largest absolute Gasteiger partial charge is 0.494 e. The fourth-order valence-electron chi connectivity index (χ4n) is 2.64. The second-order valence-electron chi connectivity index (χ2n) is 5.78. The van der Waals surface area contributed by atoms with E-state index in [9.17, 15) is 0 Å². The summed E-state index contributed by atoms with van der Waals surface area (Å²) in [5.41, 5.74) is 8.15. The van der Waals surface area contributed by atoms with Gasteiger partial charge in [0.25, 0.3) is 0 Å². The molecule has 0 saturated carbocycles. The van der Waals surface area contributed by atoms with Crippen molar-refractivity contribution in [3.05, 3.63) is 48.5 Å². The normalized spacial score (nSPS) is 14.8. The van der Waals surface area contributed by atoms with Gasteiger partial charge in [-0.3, -0.25) is 10.3 Å². The minimum Gasteiger partial charge on any atom is -0.494 e. The second kappa shape index (κ2) is 9.15. The van der Waals surface area contributed by atoms with Crippen molar-refractivity contribution in [3.8, 4) is 11.5 Å². The molecule has 1 fully saturated rings. The van der Waals surface area contributed by atoms with Crippen molar-refractivity contribution in [2.75, 3.05) is 57.4 Å². The number of hydrazine groups is 1. The number of nitrogens with zero attached hydrogens (tertiary/aromatic N) is 1. The molecule has 0 spiro atoms. The van der Waals surface area contributed by atoms with Crippen LogP contribution in [0.15, 0.2) is 48.5 Å². The molecule has 2 aromatic rings. The first-order valence-corrected chi connectivity index (χ1v) is 8.53. The maximum atomic E-state index is 5.86. The molecular formula is C19H25N3O3. The van der Waals surface area contributed by atoms with Gasteiger partial charge in [0.1, 0.15) is 18.1 Å². The van der Waals surface area contributed by atoms with Gasteiger partial charge < -0.3 is 19.6 Å². The van der Waals surface area contributed by atoms with Crippen molar-refractivity contribution in [2.24, 2.45) is 0 Å². The maximum Gasteiger partial charge on any atom is 0.147 e. The van der Waals surface area contributed by atoms with Crippen molar-refractivity contribution in [2.45, 2.75) is 0 Å². The van der Waals surface area contributed by atoms with E-state index in [0.717, 1.165) is 55.7 Å². The number of benzene rings is 2. The first-order valence-electron chi connectivity index (χ1n) is 8.53. The molecule has 0 radical (unpaired) electrons. The third-order valence-electron chi connectivity index (χ3n) is 4.07. The Balaban J connectivity index is 1.51. The lowest BCUT2D eigenvalue weighted by atomic mass is 10.3. The van der Waals surface area contributed by atoms with Crippen molar-refractivity contribution in [1.29, 1.82) is 0 Å². The molecule has 1 aliphatic rings. The Hall–Kier alpha value is -2.44. The number of nitrogens with one attached hydrogen (secondary N) is 2. The lowest BCUT2D eigenvalue weighted by Crippen LogP contribution is -2.38. The molecule has 1 heterocycles. The van der Waals surface area contributed by atoms with Crippen LogP contribution in [-0.4, -0.2) is 51.5 Å². The van der Waals surface area contributed by atoms with E-state index in [1.807, 2.05) is 48.5 Å². The number of hydrogen-bond donors (Lipinski definition) is 2. The molecule has 2 aromatic carbocycles. The van der Waals surface area contributed by atoms with Crippen LogP contribution in [0, 0.1) is 0 Å². The molecule has 25 heavy (non-hydrogen) atoms. The van der Waals surface area contributed by atoms with Gasteiger partial charge in [-0.1, -0.05) is 18.2 Å². The average molecular weight is 343 g/mol. The summed E-state index contributed by atoms with van der Waals surface area (Å²) in [4.78, 5) is 2.35. The van der Waals surface area contributed by atoms with Crippen LogP contribution in [0.25, 0.3) is 0 Å². The fourth-order valence-corrected chi connectivity index (χ4v) is 2.64. The van der Waals surface area contributed by atoms with E-state index in [1.54, 1.807) is 7.11 Å². The number of anilines is 2. The van der Waals surface area contributed by atoms with Crippen molar-refractivity contribution >= 4 is 11.4 Å². The zero-order valence-electron chi connectivity index (χ0n) is 14.5. The Morgan fingerprint density at radius 3 is 2.60 bits per heavy atom. The van der Waals surface area contributed by atoms with Crippen LogP contribution >= 0.6 is 0 Å². The van der Waals surface area contributed by atoms with E-state index in [1.165, 1.54) is 0 Å². The summed E-state index contributed by atoms with van der Waals surface area (Å²) >= 11 is 0. The summed E-state index contributed by atoms with van der Waals surface area (Å²) in [6.45, 7) is 5.12. The number of rotatable bonds is 8. The Morgan fingerprint density at radius 2 is 1.84 bits per heavy atom. The number of ether oxygens (including phenoxy) is 3. The zero-order valence-corrected chi connectivity index (χ0v) is 14.5. The van der Waals surface area contributed by atoms with Crippen LogP contribution in [0.5, 0.6) is 11.5 Å². The first kappa shape index (κ1) is 17.4. The highest BCUT2D eigenvalue weighted by Gasteiger charge is 2.10. The Kier molecular flexibility index (Phi) is 6.36. The van der Waals surface area contributed by atoms with Crippen molar-refractivity contribution in [1.82, 2.24) is 4.90 Å². The Morgan fingerprint density at radius 1 is 1.04 bits per heavy atom. The minimum atomic E-state index is 0.651.